The van der Waals surface area contributed by atoms with Crippen molar-refractivity contribution in [3.05, 3.63) is 108 Å². The second-order valence-corrected chi connectivity index (χ2v) is 5.95. The third kappa shape index (κ3) is 4.71. The van der Waals surface area contributed by atoms with Crippen molar-refractivity contribution in [3.63, 3.8) is 0 Å². The van der Waals surface area contributed by atoms with E-state index in [0.29, 0.717) is 0 Å². The maximum atomic E-state index is 12.3. The molecule has 0 aliphatic heterocycles. The van der Waals surface area contributed by atoms with E-state index in [1.807, 2.05) is 91.0 Å². The van der Waals surface area contributed by atoms with Gasteiger partial charge in [0, 0.05) is 0 Å². The molecule has 3 aromatic carbocycles. The molecule has 2 atom stereocenters. The van der Waals surface area contributed by atoms with Gasteiger partial charge in [-0.3, -0.25) is 0 Å². The van der Waals surface area contributed by atoms with Crippen LogP contribution in [-0.4, -0.2) is 11.2 Å². The van der Waals surface area contributed by atoms with Crippen LogP contribution in [0.4, 0.5) is 4.79 Å². The monoisotopic (exact) mass is 347 g/mol. The molecule has 0 aliphatic rings. The van der Waals surface area contributed by atoms with Gasteiger partial charge in [0.15, 0.2) is 0 Å². The maximum Gasteiger partial charge on any atom is 0.408 e. The van der Waals surface area contributed by atoms with E-state index in [9.17, 15) is 9.90 Å². The van der Waals surface area contributed by atoms with Gasteiger partial charge in [-0.15, -0.1) is 0 Å². The van der Waals surface area contributed by atoms with Crippen LogP contribution in [-0.2, 0) is 11.3 Å². The number of aliphatic hydroxyl groups is 1. The molecule has 0 aliphatic carbocycles. The first-order chi connectivity index (χ1) is 12.7. The van der Waals surface area contributed by atoms with Crippen molar-refractivity contribution in [1.82, 2.24) is 5.32 Å². The average Bonchev–Trinajstić information content (AvgIpc) is 2.72. The van der Waals surface area contributed by atoms with Crippen LogP contribution in [0.5, 0.6) is 0 Å². The Balaban J connectivity index is 1.72. The number of carbonyl (C=O) groups excluding carboxylic acids is 1. The summed E-state index contributed by atoms with van der Waals surface area (Å²) < 4.78 is 5.30. The highest BCUT2D eigenvalue weighted by molar-refractivity contribution is 5.68. The third-order valence-electron chi connectivity index (χ3n) is 4.10. The number of amides is 1. The van der Waals surface area contributed by atoms with E-state index >= 15 is 0 Å². The normalized spacial score (nSPS) is 12.8. The van der Waals surface area contributed by atoms with Crippen LogP contribution in [0.3, 0.4) is 0 Å². The molecular weight excluding hydrogens is 326 g/mol. The number of rotatable bonds is 6. The van der Waals surface area contributed by atoms with Crippen LogP contribution in [0.1, 0.15) is 28.8 Å². The van der Waals surface area contributed by atoms with E-state index in [0.717, 1.165) is 16.7 Å². The summed E-state index contributed by atoms with van der Waals surface area (Å²) >= 11 is 0. The second kappa shape index (κ2) is 8.83. The Morgan fingerprint density at radius 2 is 1.31 bits per heavy atom. The molecule has 0 saturated heterocycles. The molecular formula is C22H21NO3. The van der Waals surface area contributed by atoms with E-state index in [4.69, 9.17) is 4.74 Å². The lowest BCUT2D eigenvalue weighted by atomic mass is 9.96. The van der Waals surface area contributed by atoms with Gasteiger partial charge in [-0.05, 0) is 16.7 Å². The summed E-state index contributed by atoms with van der Waals surface area (Å²) in [4.78, 5) is 12.3. The molecule has 132 valence electrons. The van der Waals surface area contributed by atoms with E-state index in [1.54, 1.807) is 0 Å². The third-order valence-corrected chi connectivity index (χ3v) is 4.10. The van der Waals surface area contributed by atoms with Crippen molar-refractivity contribution in [1.29, 1.82) is 0 Å². The molecule has 0 heterocycles. The fourth-order valence-electron chi connectivity index (χ4n) is 2.74. The Hall–Kier alpha value is -3.11. The van der Waals surface area contributed by atoms with Crippen molar-refractivity contribution >= 4 is 6.09 Å². The molecule has 4 heteroatoms. The molecule has 0 saturated carbocycles. The lowest BCUT2D eigenvalue weighted by Crippen LogP contribution is -2.33. The minimum Gasteiger partial charge on any atom is -0.445 e. The Morgan fingerprint density at radius 3 is 1.88 bits per heavy atom. The van der Waals surface area contributed by atoms with Gasteiger partial charge in [0.25, 0.3) is 0 Å². The minimum absolute atomic E-state index is 0.176. The minimum atomic E-state index is -0.886. The highest BCUT2D eigenvalue weighted by Gasteiger charge is 2.25. The van der Waals surface area contributed by atoms with Gasteiger partial charge in [0.05, 0.1) is 6.04 Å². The number of nitrogens with one attached hydrogen (secondary N) is 1. The molecule has 2 unspecified atom stereocenters. The molecule has 0 bridgehead atoms. The fourth-order valence-corrected chi connectivity index (χ4v) is 2.74. The zero-order valence-corrected chi connectivity index (χ0v) is 14.3. The van der Waals surface area contributed by atoms with Crippen LogP contribution in [0.25, 0.3) is 0 Å². The summed E-state index contributed by atoms with van der Waals surface area (Å²) in [6.45, 7) is 0.176. The van der Waals surface area contributed by atoms with Gasteiger partial charge >= 0.3 is 6.09 Å². The molecule has 3 aromatic rings. The number of alkyl carbamates (subject to hydrolysis) is 1. The molecule has 3 rings (SSSR count). The van der Waals surface area contributed by atoms with Crippen LogP contribution >= 0.6 is 0 Å². The number of aliphatic hydroxyl groups excluding tert-OH is 1. The lowest BCUT2D eigenvalue weighted by molar-refractivity contribution is 0.102. The van der Waals surface area contributed by atoms with Crippen molar-refractivity contribution in [3.8, 4) is 0 Å². The highest BCUT2D eigenvalue weighted by Crippen LogP contribution is 2.28. The van der Waals surface area contributed by atoms with Crippen LogP contribution in [0.2, 0.25) is 0 Å². The molecule has 0 aromatic heterocycles. The molecule has 1 amide bonds. The SMILES string of the molecule is O=C(NC(c1ccccc1)C(O)c1ccccc1)OCc1ccccc1. The maximum absolute atomic E-state index is 12.3. The Bertz CT molecular complexity index is 807. The predicted molar refractivity (Wildman–Crippen MR) is 100 cm³/mol. The number of ether oxygens (including phenoxy) is 1. The van der Waals surface area contributed by atoms with Crippen molar-refractivity contribution in [2.24, 2.45) is 0 Å². The smallest absolute Gasteiger partial charge is 0.408 e. The fraction of sp³-hybridized carbons (Fsp3) is 0.136. The summed E-state index contributed by atoms with van der Waals surface area (Å²) in [5, 5.41) is 13.6. The zero-order chi connectivity index (χ0) is 18.2. The van der Waals surface area contributed by atoms with Gasteiger partial charge in [0.2, 0.25) is 0 Å². The van der Waals surface area contributed by atoms with Gasteiger partial charge in [0.1, 0.15) is 12.7 Å². The van der Waals surface area contributed by atoms with E-state index in [1.165, 1.54) is 0 Å². The largest absolute Gasteiger partial charge is 0.445 e. The van der Waals surface area contributed by atoms with Gasteiger partial charge in [-0.2, -0.15) is 0 Å². The van der Waals surface area contributed by atoms with Crippen LogP contribution < -0.4 is 5.32 Å². The molecule has 2 N–H and O–H groups in total. The molecule has 0 radical (unpaired) electrons. The standard InChI is InChI=1S/C22H21NO3/c24-21(19-14-8-3-9-15-19)20(18-12-6-2-7-13-18)23-22(25)26-16-17-10-4-1-5-11-17/h1-15,20-21,24H,16H2,(H,23,25). The van der Waals surface area contributed by atoms with E-state index in [2.05, 4.69) is 5.32 Å². The quantitative estimate of drug-likeness (QED) is 0.695. The summed E-state index contributed by atoms with van der Waals surface area (Å²) in [6.07, 6.45) is -1.46. The Labute approximate surface area is 153 Å². The first kappa shape index (κ1) is 17.7. The van der Waals surface area contributed by atoms with Gasteiger partial charge in [-0.1, -0.05) is 91.0 Å². The first-order valence-electron chi connectivity index (χ1n) is 8.49. The Kier molecular flexibility index (Phi) is 6.01. The summed E-state index contributed by atoms with van der Waals surface area (Å²) in [7, 11) is 0. The van der Waals surface area contributed by atoms with Crippen molar-refractivity contribution in [2.75, 3.05) is 0 Å². The molecule has 0 fully saturated rings. The second-order valence-electron chi connectivity index (χ2n) is 5.95. The average molecular weight is 347 g/mol. The summed E-state index contributed by atoms with van der Waals surface area (Å²) in [5.41, 5.74) is 2.44. The van der Waals surface area contributed by atoms with Crippen molar-refractivity contribution in [2.45, 2.75) is 18.8 Å². The van der Waals surface area contributed by atoms with Gasteiger partial charge in [-0.25, -0.2) is 4.79 Å². The van der Waals surface area contributed by atoms with Crippen molar-refractivity contribution < 1.29 is 14.6 Å². The number of benzene rings is 3. The van der Waals surface area contributed by atoms with Crippen LogP contribution in [0.15, 0.2) is 91.0 Å². The van der Waals surface area contributed by atoms with E-state index in [-0.39, 0.29) is 6.61 Å². The highest BCUT2D eigenvalue weighted by atomic mass is 16.5. The Morgan fingerprint density at radius 1 is 0.808 bits per heavy atom. The summed E-state index contributed by atoms with van der Waals surface area (Å²) in [6, 6.07) is 27.5. The number of hydrogen-bond acceptors (Lipinski definition) is 3. The molecule has 4 nitrogen and oxygen atoms in total. The zero-order valence-electron chi connectivity index (χ0n) is 14.3. The lowest BCUT2D eigenvalue weighted by Gasteiger charge is -2.24. The predicted octanol–water partition coefficient (Wildman–Crippen LogP) is 4.39. The molecule has 0 spiro atoms. The number of hydrogen-bond donors (Lipinski definition) is 2. The van der Waals surface area contributed by atoms with Crippen LogP contribution in [0, 0.1) is 0 Å². The first-order valence-corrected chi connectivity index (χ1v) is 8.49. The number of carbonyl (C=O) groups is 1. The topological polar surface area (TPSA) is 58.6 Å². The van der Waals surface area contributed by atoms with E-state index < -0.39 is 18.2 Å². The van der Waals surface area contributed by atoms with Gasteiger partial charge < -0.3 is 15.2 Å². The summed E-state index contributed by atoms with van der Waals surface area (Å²) in [5.74, 6) is 0. The molecule has 26 heavy (non-hydrogen) atoms.